The average Bonchev–Trinajstić information content (AvgIpc) is 2.80. The van der Waals surface area contributed by atoms with Gasteiger partial charge in [-0.2, -0.15) is 0 Å². The van der Waals surface area contributed by atoms with Crippen molar-refractivity contribution < 1.29 is 23.5 Å². The zero-order valence-electron chi connectivity index (χ0n) is 17.9. The highest BCUT2D eigenvalue weighted by molar-refractivity contribution is 6.02. The largest absolute Gasteiger partial charge is 0.453 e. The van der Waals surface area contributed by atoms with Gasteiger partial charge in [-0.3, -0.25) is 9.59 Å². The number of anilines is 1. The molecule has 0 aliphatic heterocycles. The van der Waals surface area contributed by atoms with E-state index in [-0.39, 0.29) is 18.0 Å². The number of ketones is 2. The molecule has 0 radical (unpaired) electrons. The summed E-state index contributed by atoms with van der Waals surface area (Å²) in [5.41, 5.74) is 2.34. The van der Waals surface area contributed by atoms with Crippen LogP contribution in [0.5, 0.6) is 0 Å². The third-order valence-corrected chi connectivity index (χ3v) is 4.95. The van der Waals surface area contributed by atoms with Gasteiger partial charge in [-0.15, -0.1) is 0 Å². The van der Waals surface area contributed by atoms with E-state index in [1.54, 1.807) is 54.6 Å². The van der Waals surface area contributed by atoms with Gasteiger partial charge in [-0.1, -0.05) is 60.2 Å². The van der Waals surface area contributed by atoms with Crippen LogP contribution in [0.25, 0.3) is 0 Å². The lowest BCUT2D eigenvalue weighted by atomic mass is 10.0. The number of nitrogens with one attached hydrogen (secondary N) is 1. The summed E-state index contributed by atoms with van der Waals surface area (Å²) in [7, 11) is 0. The van der Waals surface area contributed by atoms with Gasteiger partial charge < -0.3 is 10.1 Å². The molecule has 5 nitrogen and oxygen atoms in total. The Labute approximate surface area is 186 Å². The second-order valence-electron chi connectivity index (χ2n) is 7.51. The molecule has 0 aliphatic carbocycles. The molecule has 0 heterocycles. The minimum Gasteiger partial charge on any atom is -0.453 e. The molecule has 1 N–H and O–H groups in total. The molecule has 0 bridgehead atoms. The van der Waals surface area contributed by atoms with Crippen molar-refractivity contribution in [2.45, 2.75) is 32.4 Å². The van der Waals surface area contributed by atoms with E-state index < -0.39 is 23.9 Å². The molecule has 0 fully saturated rings. The number of esters is 1. The Balaban J connectivity index is 1.75. The molecule has 2 atom stereocenters. The van der Waals surface area contributed by atoms with Crippen molar-refractivity contribution in [3.63, 3.8) is 0 Å². The molecule has 3 aromatic carbocycles. The highest BCUT2D eigenvalue weighted by Crippen LogP contribution is 2.16. The van der Waals surface area contributed by atoms with E-state index in [4.69, 9.17) is 4.74 Å². The lowest BCUT2D eigenvalue weighted by molar-refractivity contribution is -0.147. The van der Waals surface area contributed by atoms with Crippen LogP contribution in [-0.2, 0) is 9.53 Å². The van der Waals surface area contributed by atoms with Gasteiger partial charge in [0.25, 0.3) is 0 Å². The van der Waals surface area contributed by atoms with E-state index in [0.717, 1.165) is 5.56 Å². The molecule has 3 aromatic rings. The van der Waals surface area contributed by atoms with Crippen LogP contribution in [0.3, 0.4) is 0 Å². The van der Waals surface area contributed by atoms with E-state index in [1.807, 2.05) is 6.92 Å². The molecule has 32 heavy (non-hydrogen) atoms. The number of Topliss-reactive ketones (excluding diaryl/α,β-unsaturated/α-hetero) is 2. The summed E-state index contributed by atoms with van der Waals surface area (Å²) in [4.78, 5) is 38.3. The number of rotatable bonds is 9. The number of carbonyl (C=O) groups excluding carboxylic acids is 3. The molecule has 0 unspecified atom stereocenters. The molecule has 6 heteroatoms. The highest BCUT2D eigenvalue weighted by Gasteiger charge is 2.28. The minimum atomic E-state index is -1.05. The first kappa shape index (κ1) is 22.9. The lowest BCUT2D eigenvalue weighted by Gasteiger charge is -2.21. The Kier molecular flexibility index (Phi) is 7.49. The number of benzene rings is 3. The van der Waals surface area contributed by atoms with Crippen LogP contribution < -0.4 is 5.32 Å². The molecular weight excluding hydrogens is 409 g/mol. The quantitative estimate of drug-likeness (QED) is 0.380. The first-order valence-electron chi connectivity index (χ1n) is 10.2. The second-order valence-corrected chi connectivity index (χ2v) is 7.51. The lowest BCUT2D eigenvalue weighted by Crippen LogP contribution is -2.37. The fourth-order valence-corrected chi connectivity index (χ4v) is 3.13. The van der Waals surface area contributed by atoms with Crippen LogP contribution >= 0.6 is 0 Å². The van der Waals surface area contributed by atoms with Gasteiger partial charge in [0.1, 0.15) is 11.9 Å². The molecule has 164 valence electrons. The molecule has 0 aromatic heterocycles. The fourth-order valence-electron chi connectivity index (χ4n) is 3.13. The smallest absolute Gasteiger partial charge is 0.329 e. The Morgan fingerprint density at radius 2 is 1.50 bits per heavy atom. The summed E-state index contributed by atoms with van der Waals surface area (Å²) in [6.45, 7) is 3.40. The molecular formula is C26H24FNO4. The van der Waals surface area contributed by atoms with Crippen LogP contribution in [0.1, 0.15) is 39.6 Å². The number of halogens is 1. The Hall–Kier alpha value is -3.80. The van der Waals surface area contributed by atoms with Crippen molar-refractivity contribution in [2.24, 2.45) is 0 Å². The highest BCUT2D eigenvalue weighted by atomic mass is 19.1. The van der Waals surface area contributed by atoms with Crippen LogP contribution in [-0.4, -0.2) is 29.7 Å². The van der Waals surface area contributed by atoms with Gasteiger partial charge in [-0.25, -0.2) is 9.18 Å². The maximum absolute atomic E-state index is 13.3. The molecule has 0 amide bonds. The van der Waals surface area contributed by atoms with Crippen LogP contribution in [0.2, 0.25) is 0 Å². The first-order chi connectivity index (χ1) is 15.3. The molecule has 0 saturated carbocycles. The monoisotopic (exact) mass is 433 g/mol. The number of aryl methyl sites for hydroxylation is 1. The fraction of sp³-hybridized carbons (Fsp3) is 0.192. The van der Waals surface area contributed by atoms with Crippen molar-refractivity contribution in [2.75, 3.05) is 5.32 Å². The van der Waals surface area contributed by atoms with E-state index in [0.29, 0.717) is 16.8 Å². The third-order valence-electron chi connectivity index (χ3n) is 4.95. The minimum absolute atomic E-state index is 0.189. The van der Waals surface area contributed by atoms with Gasteiger partial charge >= 0.3 is 5.97 Å². The van der Waals surface area contributed by atoms with Gasteiger partial charge in [0.05, 0.1) is 0 Å². The standard InChI is InChI=1S/C26H24FNO4/c1-17-8-10-20(11-9-17)25(30)18(2)32-26(31)23(28-22-14-12-21(27)13-15-22)16-24(29)19-6-4-3-5-7-19/h3-15,18,23,28H,16H2,1-2H3/t18-,23-/m1/s1. The zero-order valence-corrected chi connectivity index (χ0v) is 17.9. The number of ether oxygens (including phenoxy) is 1. The Morgan fingerprint density at radius 1 is 0.875 bits per heavy atom. The zero-order chi connectivity index (χ0) is 23.1. The molecule has 3 rings (SSSR count). The van der Waals surface area contributed by atoms with E-state index >= 15 is 0 Å². The number of carbonyl (C=O) groups is 3. The predicted molar refractivity (Wildman–Crippen MR) is 120 cm³/mol. The maximum Gasteiger partial charge on any atom is 0.329 e. The van der Waals surface area contributed by atoms with Crippen LogP contribution in [0.15, 0.2) is 78.9 Å². The van der Waals surface area contributed by atoms with Crippen LogP contribution in [0.4, 0.5) is 10.1 Å². The summed E-state index contributed by atoms with van der Waals surface area (Å²) in [5.74, 6) is -1.77. The van der Waals surface area contributed by atoms with E-state index in [2.05, 4.69) is 5.32 Å². The van der Waals surface area contributed by atoms with E-state index in [1.165, 1.54) is 31.2 Å². The summed E-state index contributed by atoms with van der Waals surface area (Å²) in [5, 5.41) is 2.92. The first-order valence-corrected chi connectivity index (χ1v) is 10.2. The Bertz CT molecular complexity index is 1080. The van der Waals surface area contributed by atoms with Crippen molar-refractivity contribution in [1.29, 1.82) is 0 Å². The average molecular weight is 433 g/mol. The molecule has 0 saturated heterocycles. The van der Waals surface area contributed by atoms with Gasteiger partial charge in [0, 0.05) is 23.2 Å². The van der Waals surface area contributed by atoms with Crippen molar-refractivity contribution in [3.05, 3.63) is 101 Å². The SMILES string of the molecule is Cc1ccc(C(=O)[C@@H](C)OC(=O)[C@@H](CC(=O)c2ccccc2)Nc2ccc(F)cc2)cc1. The molecule has 0 aliphatic rings. The molecule has 0 spiro atoms. The topological polar surface area (TPSA) is 72.5 Å². The Morgan fingerprint density at radius 3 is 2.12 bits per heavy atom. The van der Waals surface area contributed by atoms with Crippen molar-refractivity contribution in [1.82, 2.24) is 0 Å². The van der Waals surface area contributed by atoms with Crippen LogP contribution in [0, 0.1) is 12.7 Å². The van der Waals surface area contributed by atoms with Gasteiger partial charge in [0.15, 0.2) is 11.9 Å². The normalized spacial score (nSPS) is 12.5. The summed E-state index contributed by atoms with van der Waals surface area (Å²) in [6.07, 6.45) is -1.22. The number of hydrogen-bond acceptors (Lipinski definition) is 5. The van der Waals surface area contributed by atoms with Gasteiger partial charge in [-0.05, 0) is 38.1 Å². The van der Waals surface area contributed by atoms with Crippen molar-refractivity contribution >= 4 is 23.2 Å². The maximum atomic E-state index is 13.3. The summed E-state index contributed by atoms with van der Waals surface area (Å²) >= 11 is 0. The van der Waals surface area contributed by atoms with E-state index in [9.17, 15) is 18.8 Å². The summed E-state index contributed by atoms with van der Waals surface area (Å²) < 4.78 is 18.7. The number of hydrogen-bond donors (Lipinski definition) is 1. The second kappa shape index (κ2) is 10.5. The summed E-state index contributed by atoms with van der Waals surface area (Å²) in [6, 6.07) is 19.9. The van der Waals surface area contributed by atoms with Gasteiger partial charge in [0.2, 0.25) is 5.78 Å². The van der Waals surface area contributed by atoms with Crippen molar-refractivity contribution in [3.8, 4) is 0 Å². The predicted octanol–water partition coefficient (Wildman–Crippen LogP) is 5.00. The third kappa shape index (κ3) is 6.11.